The van der Waals surface area contributed by atoms with Gasteiger partial charge >= 0.3 is 0 Å². The van der Waals surface area contributed by atoms with Crippen molar-refractivity contribution in [2.45, 2.75) is 25.0 Å². The molecule has 0 saturated carbocycles. The van der Waals surface area contributed by atoms with Gasteiger partial charge < -0.3 is 9.47 Å². The van der Waals surface area contributed by atoms with Crippen LogP contribution in [-0.4, -0.2) is 19.3 Å². The van der Waals surface area contributed by atoms with E-state index in [9.17, 15) is 0 Å². The molecule has 0 aliphatic rings. The number of ether oxygens (including phenoxy) is 2. The first-order valence-electron chi connectivity index (χ1n) is 5.11. The van der Waals surface area contributed by atoms with E-state index in [0.29, 0.717) is 6.61 Å². The number of hydrogen-bond acceptors (Lipinski definition) is 2. The third-order valence-electron chi connectivity index (χ3n) is 2.09. The minimum atomic E-state index is -0.190. The zero-order valence-corrected chi connectivity index (χ0v) is 9.74. The van der Waals surface area contributed by atoms with Gasteiger partial charge in [0.05, 0.1) is 6.61 Å². The molecule has 15 heavy (non-hydrogen) atoms. The molecule has 1 aromatic rings. The smallest absolute Gasteiger partial charge is 0.130 e. The molecule has 3 heteroatoms. The molecule has 0 heterocycles. The predicted octanol–water partition coefficient (Wildman–Crippen LogP) is 3.19. The lowest BCUT2D eigenvalue weighted by atomic mass is 10.2. The summed E-state index contributed by atoms with van der Waals surface area (Å²) in [4.78, 5) is 0. The van der Waals surface area contributed by atoms with Crippen LogP contribution in [0.4, 0.5) is 0 Å². The molecule has 0 radical (unpaired) electrons. The van der Waals surface area contributed by atoms with Gasteiger partial charge in [0.25, 0.3) is 0 Å². The highest BCUT2D eigenvalue weighted by Crippen LogP contribution is 2.06. The minimum absolute atomic E-state index is 0.190. The summed E-state index contributed by atoms with van der Waals surface area (Å²) in [6.07, 6.45) is 1.75. The van der Waals surface area contributed by atoms with Crippen LogP contribution < -0.4 is 0 Å². The predicted molar refractivity (Wildman–Crippen MR) is 62.0 cm³/mol. The summed E-state index contributed by atoms with van der Waals surface area (Å²) in [5.74, 6) is 0. The summed E-state index contributed by atoms with van der Waals surface area (Å²) in [6, 6.07) is 10.1. The number of benzene rings is 1. The fraction of sp³-hybridized carbons (Fsp3) is 0.500. The molecule has 1 atom stereocenters. The second-order valence-electron chi connectivity index (χ2n) is 3.33. The van der Waals surface area contributed by atoms with Crippen molar-refractivity contribution in [2.24, 2.45) is 0 Å². The normalized spacial score (nSPS) is 12.7. The molecule has 1 aromatic carbocycles. The summed E-state index contributed by atoms with van der Waals surface area (Å²) in [5, 5.41) is 0. The Labute approximate surface area is 96.2 Å². The third-order valence-corrected chi connectivity index (χ3v) is 2.48. The Morgan fingerprint density at radius 3 is 2.67 bits per heavy atom. The van der Waals surface area contributed by atoms with Crippen molar-refractivity contribution in [1.82, 2.24) is 0 Å². The average Bonchev–Trinajstić information content (AvgIpc) is 2.29. The monoisotopic (exact) mass is 228 g/mol. The Hall–Kier alpha value is -0.570. The number of halogens is 1. The van der Waals surface area contributed by atoms with Crippen LogP contribution in [0.1, 0.15) is 18.4 Å². The van der Waals surface area contributed by atoms with Crippen molar-refractivity contribution in [3.05, 3.63) is 35.9 Å². The molecule has 0 aliphatic heterocycles. The van der Waals surface area contributed by atoms with Crippen LogP contribution in [0.5, 0.6) is 0 Å². The van der Waals surface area contributed by atoms with Crippen molar-refractivity contribution < 1.29 is 9.47 Å². The first-order chi connectivity index (χ1) is 7.33. The van der Waals surface area contributed by atoms with Crippen molar-refractivity contribution in [3.8, 4) is 0 Å². The van der Waals surface area contributed by atoms with E-state index in [1.165, 1.54) is 5.56 Å². The van der Waals surface area contributed by atoms with Crippen LogP contribution in [0.15, 0.2) is 30.3 Å². The summed E-state index contributed by atoms with van der Waals surface area (Å²) < 4.78 is 10.4. The lowest BCUT2D eigenvalue weighted by Crippen LogP contribution is -2.03. The molecule has 0 spiro atoms. The highest BCUT2D eigenvalue weighted by atomic mass is 35.5. The molecule has 0 amide bonds. The van der Waals surface area contributed by atoms with Crippen LogP contribution in [0.3, 0.4) is 0 Å². The van der Waals surface area contributed by atoms with Crippen molar-refractivity contribution in [1.29, 1.82) is 0 Å². The summed E-state index contributed by atoms with van der Waals surface area (Å²) in [7, 11) is 1.61. The zero-order chi connectivity index (χ0) is 10.9. The number of hydrogen-bond donors (Lipinski definition) is 0. The van der Waals surface area contributed by atoms with Gasteiger partial charge in [0, 0.05) is 13.7 Å². The lowest BCUT2D eigenvalue weighted by Gasteiger charge is -2.07. The molecule has 0 aromatic heterocycles. The molecule has 84 valence electrons. The van der Waals surface area contributed by atoms with Gasteiger partial charge in [0.1, 0.15) is 5.56 Å². The number of methoxy groups -OCH3 is 1. The first kappa shape index (κ1) is 12.5. The highest BCUT2D eigenvalue weighted by Gasteiger charge is 2.00. The number of rotatable bonds is 7. The van der Waals surface area contributed by atoms with Gasteiger partial charge in [0.2, 0.25) is 0 Å². The van der Waals surface area contributed by atoms with Gasteiger partial charge in [-0.25, -0.2) is 0 Å². The molecule has 0 fully saturated rings. The van der Waals surface area contributed by atoms with Crippen LogP contribution in [0.2, 0.25) is 0 Å². The molecule has 0 saturated heterocycles. The van der Waals surface area contributed by atoms with E-state index >= 15 is 0 Å². The molecule has 0 unspecified atom stereocenters. The van der Waals surface area contributed by atoms with Crippen LogP contribution in [0, 0.1) is 0 Å². The highest BCUT2D eigenvalue weighted by molar-refractivity contribution is 6.19. The Balaban J connectivity index is 2.03. The standard InChI is InChI=1S/C12H17ClO2/c1-14-12(13)8-5-9-15-10-11-6-3-2-4-7-11/h2-4,6-7,12H,5,8-10H2,1H3/t12-/m0/s1. The Morgan fingerprint density at radius 2 is 2.00 bits per heavy atom. The summed E-state index contributed by atoms with van der Waals surface area (Å²) in [5.41, 5.74) is 1.01. The Kier molecular flexibility index (Phi) is 6.41. The summed E-state index contributed by atoms with van der Waals surface area (Å²) >= 11 is 5.78. The van der Waals surface area contributed by atoms with Gasteiger partial charge in [-0.15, -0.1) is 0 Å². The number of alkyl halides is 1. The van der Waals surface area contributed by atoms with Gasteiger partial charge in [0.15, 0.2) is 0 Å². The SMILES string of the molecule is CO[C@H](Cl)CCCOCc1ccccc1. The molecular formula is C12H17ClO2. The van der Waals surface area contributed by atoms with Crippen LogP contribution in [0.25, 0.3) is 0 Å². The maximum absolute atomic E-state index is 5.78. The molecule has 2 nitrogen and oxygen atoms in total. The average molecular weight is 229 g/mol. The summed E-state index contributed by atoms with van der Waals surface area (Å²) in [6.45, 7) is 1.39. The Morgan fingerprint density at radius 1 is 1.27 bits per heavy atom. The maximum atomic E-state index is 5.78. The van der Waals surface area contributed by atoms with Gasteiger partial charge in [-0.05, 0) is 18.4 Å². The second-order valence-corrected chi connectivity index (χ2v) is 3.81. The van der Waals surface area contributed by atoms with Gasteiger partial charge in [-0.1, -0.05) is 41.9 Å². The minimum Gasteiger partial charge on any atom is -0.377 e. The lowest BCUT2D eigenvalue weighted by molar-refractivity contribution is 0.100. The topological polar surface area (TPSA) is 18.5 Å². The fourth-order valence-corrected chi connectivity index (χ4v) is 1.38. The second kappa shape index (κ2) is 7.69. The van der Waals surface area contributed by atoms with E-state index in [1.54, 1.807) is 7.11 Å². The quantitative estimate of drug-likeness (QED) is 0.527. The Bertz CT molecular complexity index is 251. The van der Waals surface area contributed by atoms with Gasteiger partial charge in [-0.3, -0.25) is 0 Å². The van der Waals surface area contributed by atoms with Crippen LogP contribution in [-0.2, 0) is 16.1 Å². The maximum Gasteiger partial charge on any atom is 0.130 e. The van der Waals surface area contributed by atoms with E-state index in [1.807, 2.05) is 18.2 Å². The van der Waals surface area contributed by atoms with Crippen molar-refractivity contribution in [3.63, 3.8) is 0 Å². The zero-order valence-electron chi connectivity index (χ0n) is 8.99. The molecule has 1 rings (SSSR count). The largest absolute Gasteiger partial charge is 0.377 e. The van der Waals surface area contributed by atoms with E-state index in [0.717, 1.165) is 19.4 Å². The van der Waals surface area contributed by atoms with Crippen LogP contribution >= 0.6 is 11.6 Å². The van der Waals surface area contributed by atoms with E-state index in [4.69, 9.17) is 21.1 Å². The van der Waals surface area contributed by atoms with Crippen molar-refractivity contribution >= 4 is 11.6 Å². The van der Waals surface area contributed by atoms with Crippen molar-refractivity contribution in [2.75, 3.05) is 13.7 Å². The van der Waals surface area contributed by atoms with E-state index in [2.05, 4.69) is 12.1 Å². The molecular weight excluding hydrogens is 212 g/mol. The molecule has 0 N–H and O–H groups in total. The van der Waals surface area contributed by atoms with Gasteiger partial charge in [-0.2, -0.15) is 0 Å². The van der Waals surface area contributed by atoms with E-state index in [-0.39, 0.29) is 5.56 Å². The first-order valence-corrected chi connectivity index (χ1v) is 5.55. The third kappa shape index (κ3) is 5.78. The molecule has 0 aliphatic carbocycles. The fourth-order valence-electron chi connectivity index (χ4n) is 1.23. The van der Waals surface area contributed by atoms with E-state index < -0.39 is 0 Å². The molecule has 0 bridgehead atoms.